The highest BCUT2D eigenvalue weighted by Crippen LogP contribution is 2.17. The van der Waals surface area contributed by atoms with Gasteiger partial charge in [-0.25, -0.2) is 0 Å². The van der Waals surface area contributed by atoms with Gasteiger partial charge in [-0.15, -0.1) is 10.2 Å². The molecular formula is C16H17N3O. The minimum absolute atomic E-state index is 0.626. The van der Waals surface area contributed by atoms with E-state index in [9.17, 15) is 0 Å². The van der Waals surface area contributed by atoms with Gasteiger partial charge in [0.1, 0.15) is 0 Å². The monoisotopic (exact) mass is 267 g/mol. The Morgan fingerprint density at radius 1 is 1.00 bits per heavy atom. The van der Waals surface area contributed by atoms with Crippen LogP contribution in [0.4, 0.5) is 0 Å². The first-order chi connectivity index (χ1) is 9.85. The van der Waals surface area contributed by atoms with Crippen molar-refractivity contribution >= 4 is 10.8 Å². The lowest BCUT2D eigenvalue weighted by Gasteiger charge is -2.01. The Morgan fingerprint density at radius 2 is 1.80 bits per heavy atom. The van der Waals surface area contributed by atoms with Crippen LogP contribution in [0.5, 0.6) is 0 Å². The molecule has 0 bridgehead atoms. The summed E-state index contributed by atoms with van der Waals surface area (Å²) in [6, 6.07) is 14.7. The molecule has 1 heterocycles. The summed E-state index contributed by atoms with van der Waals surface area (Å²) in [6.45, 7) is 3.57. The standard InChI is InChI=1S/C16H17N3O/c1-2-17-11-16-19-18-15(20-16)10-12-7-8-13-5-3-4-6-14(13)9-12/h3-9,17H,2,10-11H2,1H3. The molecule has 1 N–H and O–H groups in total. The van der Waals surface area contributed by atoms with Crippen molar-refractivity contribution in [2.24, 2.45) is 0 Å². The Hall–Kier alpha value is -2.20. The molecule has 1 aromatic heterocycles. The molecule has 0 fully saturated rings. The zero-order valence-electron chi connectivity index (χ0n) is 11.5. The summed E-state index contributed by atoms with van der Waals surface area (Å²) in [7, 11) is 0. The number of aromatic nitrogens is 2. The minimum atomic E-state index is 0.626. The Morgan fingerprint density at radius 3 is 2.65 bits per heavy atom. The maximum Gasteiger partial charge on any atom is 0.230 e. The fourth-order valence-electron chi connectivity index (χ4n) is 2.19. The van der Waals surface area contributed by atoms with Crippen molar-refractivity contribution in [2.75, 3.05) is 6.54 Å². The summed E-state index contributed by atoms with van der Waals surface area (Å²) in [4.78, 5) is 0. The number of rotatable bonds is 5. The van der Waals surface area contributed by atoms with Crippen LogP contribution in [0.25, 0.3) is 10.8 Å². The Bertz CT molecular complexity index is 706. The van der Waals surface area contributed by atoms with Crippen LogP contribution in [0, 0.1) is 0 Å². The van der Waals surface area contributed by atoms with Crippen LogP contribution < -0.4 is 5.32 Å². The fraction of sp³-hybridized carbons (Fsp3) is 0.250. The molecule has 102 valence electrons. The van der Waals surface area contributed by atoms with Crippen molar-refractivity contribution in [3.8, 4) is 0 Å². The van der Waals surface area contributed by atoms with Crippen LogP contribution in [0.15, 0.2) is 46.9 Å². The summed E-state index contributed by atoms with van der Waals surface area (Å²) >= 11 is 0. The third-order valence-electron chi connectivity index (χ3n) is 3.20. The third-order valence-corrected chi connectivity index (χ3v) is 3.20. The molecule has 0 atom stereocenters. The third kappa shape index (κ3) is 2.86. The van der Waals surface area contributed by atoms with Gasteiger partial charge in [0.15, 0.2) is 0 Å². The quantitative estimate of drug-likeness (QED) is 0.772. The van der Waals surface area contributed by atoms with E-state index >= 15 is 0 Å². The van der Waals surface area contributed by atoms with E-state index < -0.39 is 0 Å². The molecular weight excluding hydrogens is 250 g/mol. The number of benzene rings is 2. The molecule has 0 aliphatic carbocycles. The topological polar surface area (TPSA) is 51.0 Å². The average molecular weight is 267 g/mol. The number of fused-ring (bicyclic) bond motifs is 1. The van der Waals surface area contributed by atoms with Crippen molar-refractivity contribution in [1.29, 1.82) is 0 Å². The second kappa shape index (κ2) is 5.84. The normalized spacial score (nSPS) is 11.1. The SMILES string of the molecule is CCNCc1nnc(Cc2ccc3ccccc3c2)o1. The van der Waals surface area contributed by atoms with Crippen LogP contribution in [-0.4, -0.2) is 16.7 Å². The number of hydrogen-bond acceptors (Lipinski definition) is 4. The van der Waals surface area contributed by atoms with E-state index in [1.807, 2.05) is 19.1 Å². The summed E-state index contributed by atoms with van der Waals surface area (Å²) < 4.78 is 5.62. The lowest BCUT2D eigenvalue weighted by Crippen LogP contribution is -2.11. The van der Waals surface area contributed by atoms with Crippen LogP contribution in [0.3, 0.4) is 0 Å². The zero-order valence-corrected chi connectivity index (χ0v) is 11.5. The minimum Gasteiger partial charge on any atom is -0.424 e. The van der Waals surface area contributed by atoms with E-state index in [2.05, 4.69) is 45.8 Å². The summed E-state index contributed by atoms with van der Waals surface area (Å²) in [5.74, 6) is 1.30. The first kappa shape index (κ1) is 12.8. The molecule has 0 spiro atoms. The van der Waals surface area contributed by atoms with E-state index in [1.54, 1.807) is 0 Å². The lowest BCUT2D eigenvalue weighted by molar-refractivity contribution is 0.441. The van der Waals surface area contributed by atoms with Crippen LogP contribution in [0.1, 0.15) is 24.3 Å². The van der Waals surface area contributed by atoms with E-state index in [-0.39, 0.29) is 0 Å². The van der Waals surface area contributed by atoms with Gasteiger partial charge in [0.05, 0.1) is 13.0 Å². The number of hydrogen-bond donors (Lipinski definition) is 1. The Labute approximate surface area is 117 Å². The van der Waals surface area contributed by atoms with Crippen LogP contribution >= 0.6 is 0 Å². The second-order valence-corrected chi connectivity index (χ2v) is 4.73. The number of nitrogens with one attached hydrogen (secondary N) is 1. The van der Waals surface area contributed by atoms with E-state index in [0.717, 1.165) is 6.54 Å². The Balaban J connectivity index is 1.76. The molecule has 4 nitrogen and oxygen atoms in total. The first-order valence-corrected chi connectivity index (χ1v) is 6.85. The molecule has 4 heteroatoms. The van der Waals surface area contributed by atoms with Crippen LogP contribution in [0.2, 0.25) is 0 Å². The molecule has 0 aliphatic rings. The lowest BCUT2D eigenvalue weighted by atomic mass is 10.1. The molecule has 3 aromatic rings. The smallest absolute Gasteiger partial charge is 0.230 e. The van der Waals surface area contributed by atoms with E-state index in [4.69, 9.17) is 4.42 Å². The van der Waals surface area contributed by atoms with Crippen molar-refractivity contribution in [3.63, 3.8) is 0 Å². The Kier molecular flexibility index (Phi) is 3.74. The predicted octanol–water partition coefficient (Wildman–Crippen LogP) is 2.92. The van der Waals surface area contributed by atoms with Crippen molar-refractivity contribution < 1.29 is 4.42 Å². The highest BCUT2D eigenvalue weighted by atomic mass is 16.4. The predicted molar refractivity (Wildman–Crippen MR) is 78.4 cm³/mol. The largest absolute Gasteiger partial charge is 0.424 e. The molecule has 0 saturated heterocycles. The van der Waals surface area contributed by atoms with E-state index in [0.29, 0.717) is 24.7 Å². The summed E-state index contributed by atoms with van der Waals surface area (Å²) in [5.41, 5.74) is 1.18. The molecule has 0 saturated carbocycles. The molecule has 3 rings (SSSR count). The summed E-state index contributed by atoms with van der Waals surface area (Å²) in [6.07, 6.45) is 0.671. The fourth-order valence-corrected chi connectivity index (χ4v) is 2.19. The van der Waals surface area contributed by atoms with Gasteiger partial charge in [0.2, 0.25) is 11.8 Å². The van der Waals surface area contributed by atoms with Gasteiger partial charge in [-0.05, 0) is 22.9 Å². The van der Waals surface area contributed by atoms with Gasteiger partial charge in [-0.2, -0.15) is 0 Å². The maximum absolute atomic E-state index is 5.62. The van der Waals surface area contributed by atoms with Crippen molar-refractivity contribution in [3.05, 3.63) is 59.8 Å². The molecule has 0 aliphatic heterocycles. The first-order valence-electron chi connectivity index (χ1n) is 6.85. The molecule has 2 aromatic carbocycles. The van der Waals surface area contributed by atoms with Crippen molar-refractivity contribution in [2.45, 2.75) is 19.9 Å². The summed E-state index contributed by atoms with van der Waals surface area (Å²) in [5, 5.41) is 13.8. The van der Waals surface area contributed by atoms with Gasteiger partial charge in [0.25, 0.3) is 0 Å². The van der Waals surface area contributed by atoms with Gasteiger partial charge < -0.3 is 9.73 Å². The second-order valence-electron chi connectivity index (χ2n) is 4.73. The molecule has 0 radical (unpaired) electrons. The number of nitrogens with zero attached hydrogens (tertiary/aromatic N) is 2. The highest BCUT2D eigenvalue weighted by Gasteiger charge is 2.06. The highest BCUT2D eigenvalue weighted by molar-refractivity contribution is 5.83. The zero-order chi connectivity index (χ0) is 13.8. The van der Waals surface area contributed by atoms with Crippen molar-refractivity contribution in [1.82, 2.24) is 15.5 Å². The molecule has 0 unspecified atom stereocenters. The average Bonchev–Trinajstić information content (AvgIpc) is 2.92. The van der Waals surface area contributed by atoms with E-state index in [1.165, 1.54) is 16.3 Å². The maximum atomic E-state index is 5.62. The molecule has 20 heavy (non-hydrogen) atoms. The van der Waals surface area contributed by atoms with Crippen LogP contribution in [-0.2, 0) is 13.0 Å². The van der Waals surface area contributed by atoms with Gasteiger partial charge in [-0.3, -0.25) is 0 Å². The van der Waals surface area contributed by atoms with Gasteiger partial charge in [-0.1, -0.05) is 49.4 Å². The van der Waals surface area contributed by atoms with Gasteiger partial charge >= 0.3 is 0 Å². The van der Waals surface area contributed by atoms with Gasteiger partial charge in [0, 0.05) is 0 Å². The molecule has 0 amide bonds.